The largest absolute Gasteiger partial charge is 0.497 e. The molecule has 0 aromatic heterocycles. The Hall–Kier alpha value is -3.88. The Kier molecular flexibility index (Phi) is 7.55. The Labute approximate surface area is 198 Å². The summed E-state index contributed by atoms with van der Waals surface area (Å²) in [5, 5.41) is 5.43. The maximum atomic E-state index is 13.1. The van der Waals surface area contributed by atoms with Gasteiger partial charge in [-0.05, 0) is 44.0 Å². The number of nitrogens with zero attached hydrogens (tertiary/aromatic N) is 1. The molecule has 0 radical (unpaired) electrons. The van der Waals surface area contributed by atoms with Crippen molar-refractivity contribution in [3.63, 3.8) is 0 Å². The third-order valence-electron chi connectivity index (χ3n) is 5.71. The minimum atomic E-state index is -1.28. The zero-order valence-electron chi connectivity index (χ0n) is 19.7. The van der Waals surface area contributed by atoms with Crippen LogP contribution in [0, 0.1) is 6.92 Å². The molecule has 9 nitrogen and oxygen atoms in total. The number of ether oxygens (including phenoxy) is 2. The second kappa shape index (κ2) is 10.4. The van der Waals surface area contributed by atoms with Gasteiger partial charge in [-0.2, -0.15) is 0 Å². The predicted molar refractivity (Wildman–Crippen MR) is 124 cm³/mol. The second-order valence-electron chi connectivity index (χ2n) is 8.22. The predicted octanol–water partition coefficient (Wildman–Crippen LogP) is 2.58. The summed E-state index contributed by atoms with van der Waals surface area (Å²) in [5.74, 6) is -1.05. The minimum Gasteiger partial charge on any atom is -0.497 e. The highest BCUT2D eigenvalue weighted by Gasteiger charge is 2.49. The summed E-state index contributed by atoms with van der Waals surface area (Å²) in [6.07, 6.45) is -0.117. The van der Waals surface area contributed by atoms with Crippen LogP contribution in [0.1, 0.15) is 43.0 Å². The summed E-state index contributed by atoms with van der Waals surface area (Å²) >= 11 is 0. The summed E-state index contributed by atoms with van der Waals surface area (Å²) in [7, 11) is 1.51. The molecular formula is C25H29N3O6. The first-order valence-corrected chi connectivity index (χ1v) is 11.0. The van der Waals surface area contributed by atoms with E-state index in [1.54, 1.807) is 50.2 Å². The molecule has 1 fully saturated rings. The third kappa shape index (κ3) is 5.36. The molecule has 0 saturated carbocycles. The van der Waals surface area contributed by atoms with Gasteiger partial charge in [-0.3, -0.25) is 19.3 Å². The van der Waals surface area contributed by atoms with Crippen LogP contribution in [0.25, 0.3) is 0 Å². The molecule has 1 saturated heterocycles. The number of carbonyl (C=O) groups is 4. The Balaban J connectivity index is 1.76. The molecule has 0 spiro atoms. The number of amides is 4. The zero-order valence-corrected chi connectivity index (χ0v) is 19.7. The zero-order chi connectivity index (χ0) is 24.9. The van der Waals surface area contributed by atoms with Crippen LogP contribution in [0.15, 0.2) is 48.5 Å². The first-order chi connectivity index (χ1) is 16.2. The number of hydrogen-bond donors (Lipinski definition) is 2. The Morgan fingerprint density at radius 1 is 1.15 bits per heavy atom. The fourth-order valence-electron chi connectivity index (χ4n) is 3.80. The van der Waals surface area contributed by atoms with Gasteiger partial charge < -0.3 is 20.1 Å². The molecule has 1 heterocycles. The van der Waals surface area contributed by atoms with E-state index in [-0.39, 0.29) is 13.0 Å². The van der Waals surface area contributed by atoms with Gasteiger partial charge in [0.2, 0.25) is 5.91 Å². The van der Waals surface area contributed by atoms with E-state index in [2.05, 4.69) is 10.6 Å². The van der Waals surface area contributed by atoms with Crippen molar-refractivity contribution >= 4 is 23.8 Å². The first kappa shape index (κ1) is 24.8. The fourth-order valence-corrected chi connectivity index (χ4v) is 3.80. The smallest absolute Gasteiger partial charge is 0.325 e. The van der Waals surface area contributed by atoms with Crippen molar-refractivity contribution in [3.8, 4) is 5.75 Å². The van der Waals surface area contributed by atoms with Crippen molar-refractivity contribution < 1.29 is 28.7 Å². The van der Waals surface area contributed by atoms with Crippen LogP contribution in [-0.2, 0) is 24.7 Å². The lowest BCUT2D eigenvalue weighted by molar-refractivity contribution is -0.144. The first-order valence-electron chi connectivity index (χ1n) is 11.0. The van der Waals surface area contributed by atoms with Gasteiger partial charge in [0, 0.05) is 0 Å². The van der Waals surface area contributed by atoms with Gasteiger partial charge >= 0.3 is 12.0 Å². The molecular weight excluding hydrogens is 438 g/mol. The van der Waals surface area contributed by atoms with Crippen LogP contribution in [0.4, 0.5) is 4.79 Å². The van der Waals surface area contributed by atoms with Gasteiger partial charge in [0.25, 0.3) is 5.91 Å². The molecule has 180 valence electrons. The van der Waals surface area contributed by atoms with Crippen LogP contribution in [-0.4, -0.2) is 49.0 Å². The normalized spacial score (nSPS) is 18.3. The Morgan fingerprint density at radius 2 is 1.85 bits per heavy atom. The number of hydrogen-bond acceptors (Lipinski definition) is 6. The molecule has 9 heteroatoms. The summed E-state index contributed by atoms with van der Waals surface area (Å²) in [4.78, 5) is 51.6. The van der Waals surface area contributed by atoms with E-state index in [0.717, 1.165) is 10.5 Å². The lowest BCUT2D eigenvalue weighted by Crippen LogP contribution is -2.44. The Bertz CT molecular complexity index is 1080. The molecule has 2 N–H and O–H groups in total. The van der Waals surface area contributed by atoms with Gasteiger partial charge in [0.15, 0.2) is 0 Å². The van der Waals surface area contributed by atoms with Gasteiger partial charge in [-0.25, -0.2) is 4.79 Å². The van der Waals surface area contributed by atoms with E-state index in [1.807, 2.05) is 19.1 Å². The van der Waals surface area contributed by atoms with E-state index in [9.17, 15) is 19.2 Å². The van der Waals surface area contributed by atoms with Crippen LogP contribution in [0.2, 0.25) is 0 Å². The standard InChI is InChI=1S/C25H29N3O6/c1-5-34-22(30)14-20(17-7-6-8-19(13-17)33-4)26-21(29)15-28-23(31)25(3,27-24(28)32)18-11-9-16(2)10-12-18/h6-13,20H,5,14-15H2,1-4H3,(H,26,29)(H,27,32). The van der Waals surface area contributed by atoms with Gasteiger partial charge in [-0.1, -0.05) is 42.0 Å². The maximum absolute atomic E-state index is 13.1. The number of nitrogens with one attached hydrogen (secondary N) is 2. The SMILES string of the molecule is CCOC(=O)CC(NC(=O)CN1C(=O)NC(C)(c2ccc(C)cc2)C1=O)c1cccc(OC)c1. The second-order valence-corrected chi connectivity index (χ2v) is 8.22. The van der Waals surface area contributed by atoms with Crippen LogP contribution < -0.4 is 15.4 Å². The average molecular weight is 468 g/mol. The number of imide groups is 1. The van der Waals surface area contributed by atoms with Crippen molar-refractivity contribution in [2.75, 3.05) is 20.3 Å². The highest BCUT2D eigenvalue weighted by atomic mass is 16.5. The Morgan fingerprint density at radius 3 is 2.50 bits per heavy atom. The lowest BCUT2D eigenvalue weighted by Gasteiger charge is -2.23. The average Bonchev–Trinajstić information content (AvgIpc) is 3.03. The van der Waals surface area contributed by atoms with Crippen LogP contribution in [0.3, 0.4) is 0 Å². The van der Waals surface area contributed by atoms with E-state index >= 15 is 0 Å². The molecule has 2 aromatic carbocycles. The number of esters is 1. The molecule has 2 atom stereocenters. The van der Waals surface area contributed by atoms with Crippen molar-refractivity contribution in [3.05, 3.63) is 65.2 Å². The van der Waals surface area contributed by atoms with E-state index in [1.165, 1.54) is 7.11 Å². The molecule has 0 aliphatic carbocycles. The molecule has 0 bridgehead atoms. The van der Waals surface area contributed by atoms with Gasteiger partial charge in [0.1, 0.15) is 17.8 Å². The number of carbonyl (C=O) groups excluding carboxylic acids is 4. The monoisotopic (exact) mass is 467 g/mol. The molecule has 1 aliphatic heterocycles. The summed E-state index contributed by atoms with van der Waals surface area (Å²) in [6, 6.07) is 12.8. The number of urea groups is 1. The molecule has 34 heavy (non-hydrogen) atoms. The summed E-state index contributed by atoms with van der Waals surface area (Å²) in [6.45, 7) is 4.94. The van der Waals surface area contributed by atoms with Crippen molar-refractivity contribution in [2.24, 2.45) is 0 Å². The van der Waals surface area contributed by atoms with Crippen LogP contribution in [0.5, 0.6) is 5.75 Å². The number of benzene rings is 2. The van der Waals surface area contributed by atoms with Crippen molar-refractivity contribution in [1.29, 1.82) is 0 Å². The number of aryl methyl sites for hydroxylation is 1. The number of rotatable bonds is 9. The topological polar surface area (TPSA) is 114 Å². The van der Waals surface area contributed by atoms with Crippen molar-refractivity contribution in [2.45, 2.75) is 38.8 Å². The van der Waals surface area contributed by atoms with Crippen molar-refractivity contribution in [1.82, 2.24) is 15.5 Å². The highest BCUT2D eigenvalue weighted by Crippen LogP contribution is 2.29. The van der Waals surface area contributed by atoms with E-state index < -0.39 is 41.9 Å². The third-order valence-corrected chi connectivity index (χ3v) is 5.71. The highest BCUT2D eigenvalue weighted by molar-refractivity contribution is 6.09. The van der Waals surface area contributed by atoms with Crippen LogP contribution >= 0.6 is 0 Å². The summed E-state index contributed by atoms with van der Waals surface area (Å²) < 4.78 is 10.3. The molecule has 3 rings (SSSR count). The minimum absolute atomic E-state index is 0.117. The lowest BCUT2D eigenvalue weighted by atomic mass is 9.91. The number of methoxy groups -OCH3 is 1. The molecule has 4 amide bonds. The van der Waals surface area contributed by atoms with E-state index in [0.29, 0.717) is 16.9 Å². The summed E-state index contributed by atoms with van der Waals surface area (Å²) in [5.41, 5.74) is 0.992. The molecule has 1 aliphatic rings. The van der Waals surface area contributed by atoms with Gasteiger partial charge in [0.05, 0.1) is 26.2 Å². The molecule has 2 unspecified atom stereocenters. The maximum Gasteiger partial charge on any atom is 0.325 e. The molecule has 2 aromatic rings. The van der Waals surface area contributed by atoms with Gasteiger partial charge in [-0.15, -0.1) is 0 Å². The fraction of sp³-hybridized carbons (Fsp3) is 0.360. The van der Waals surface area contributed by atoms with E-state index in [4.69, 9.17) is 9.47 Å². The quantitative estimate of drug-likeness (QED) is 0.433.